The lowest BCUT2D eigenvalue weighted by Gasteiger charge is -2.16. The number of hydrogen-bond acceptors (Lipinski definition) is 3. The predicted molar refractivity (Wildman–Crippen MR) is 127 cm³/mol. The van der Waals surface area contributed by atoms with E-state index in [1.54, 1.807) is 18.2 Å². The molecule has 1 aliphatic heterocycles. The molecular formula is C27H27FO3S. The molecule has 4 rings (SSSR count). The summed E-state index contributed by atoms with van der Waals surface area (Å²) < 4.78 is 38.6. The minimum atomic E-state index is -1.57. The number of halogens is 1. The molecule has 0 amide bonds. The van der Waals surface area contributed by atoms with E-state index in [2.05, 4.69) is 18.7 Å². The second-order valence-corrected chi connectivity index (χ2v) is 9.26. The third-order valence-electron chi connectivity index (χ3n) is 5.68. The molecule has 0 spiro atoms. The van der Waals surface area contributed by atoms with Crippen LogP contribution in [0.4, 0.5) is 4.39 Å². The van der Waals surface area contributed by atoms with Gasteiger partial charge in [-0.2, -0.15) is 0 Å². The van der Waals surface area contributed by atoms with Gasteiger partial charge in [-0.15, -0.1) is 0 Å². The summed E-state index contributed by atoms with van der Waals surface area (Å²) >= 11 is -1.57. The summed E-state index contributed by atoms with van der Waals surface area (Å²) in [5, 5.41) is 0. The Morgan fingerprint density at radius 3 is 2.78 bits per heavy atom. The summed E-state index contributed by atoms with van der Waals surface area (Å²) in [6, 6.07) is 12.2. The lowest BCUT2D eigenvalue weighted by atomic mass is 9.93. The van der Waals surface area contributed by atoms with Crippen molar-refractivity contribution in [3.8, 4) is 0 Å². The van der Waals surface area contributed by atoms with Crippen LogP contribution in [0.5, 0.6) is 0 Å². The van der Waals surface area contributed by atoms with Crippen molar-refractivity contribution in [1.82, 2.24) is 0 Å². The first-order chi connectivity index (χ1) is 15.5. The van der Waals surface area contributed by atoms with E-state index in [4.69, 9.17) is 8.92 Å². The van der Waals surface area contributed by atoms with Crippen molar-refractivity contribution in [3.05, 3.63) is 106 Å². The molecule has 2 aliphatic rings. The molecule has 2 aromatic carbocycles. The van der Waals surface area contributed by atoms with Crippen LogP contribution in [-0.2, 0) is 26.4 Å². The van der Waals surface area contributed by atoms with E-state index in [0.717, 1.165) is 39.8 Å². The van der Waals surface area contributed by atoms with Gasteiger partial charge in [-0.05, 0) is 67.7 Å². The largest absolute Gasteiger partial charge is 0.487 e. The molecule has 5 heteroatoms. The fourth-order valence-corrected chi connectivity index (χ4v) is 4.82. The standard InChI is InChI=1S/C27H27FO3S/c1-4-5-6-7-24-19(3)14-20-10-11-21(28)15-25(20)27-26(24)16-22(31-27)17-30-32(29)23-12-8-18(2)9-13-23/h4-5,7-13,15,22H,3,6,14,16-17H2,1-2H3/b5-4-,24-7+/t22-,32?/m1/s1. The molecule has 1 unspecified atom stereocenters. The van der Waals surface area contributed by atoms with E-state index in [0.29, 0.717) is 23.5 Å². The maximum absolute atomic E-state index is 14.1. The highest BCUT2D eigenvalue weighted by Crippen LogP contribution is 2.44. The van der Waals surface area contributed by atoms with Crippen LogP contribution in [0.25, 0.3) is 5.76 Å². The normalized spacial score (nSPS) is 20.3. The zero-order valence-electron chi connectivity index (χ0n) is 18.4. The summed E-state index contributed by atoms with van der Waals surface area (Å²) in [6.07, 6.45) is 7.96. The fraction of sp³-hybridized carbons (Fsp3) is 0.259. The third kappa shape index (κ3) is 4.84. The minimum Gasteiger partial charge on any atom is -0.487 e. The molecule has 0 saturated carbocycles. The molecule has 0 fully saturated rings. The smallest absolute Gasteiger partial charge is 0.189 e. The van der Waals surface area contributed by atoms with Gasteiger partial charge in [-0.25, -0.2) is 8.60 Å². The number of fused-ring (bicyclic) bond motifs is 2. The van der Waals surface area contributed by atoms with Crippen molar-refractivity contribution < 1.29 is 17.5 Å². The van der Waals surface area contributed by atoms with Gasteiger partial charge in [-0.1, -0.05) is 48.6 Å². The van der Waals surface area contributed by atoms with Gasteiger partial charge in [0.15, 0.2) is 11.1 Å². The van der Waals surface area contributed by atoms with Crippen LogP contribution in [-0.4, -0.2) is 16.9 Å². The lowest BCUT2D eigenvalue weighted by Crippen LogP contribution is -2.17. The Bertz CT molecular complexity index is 1140. The zero-order chi connectivity index (χ0) is 22.7. The number of benzene rings is 2. The van der Waals surface area contributed by atoms with Crippen LogP contribution in [0.1, 0.15) is 36.5 Å². The van der Waals surface area contributed by atoms with Gasteiger partial charge in [0.2, 0.25) is 0 Å². The number of allylic oxidation sites excluding steroid dienone is 5. The summed E-state index contributed by atoms with van der Waals surface area (Å²) in [6.45, 7) is 8.45. The van der Waals surface area contributed by atoms with Gasteiger partial charge in [-0.3, -0.25) is 4.18 Å². The number of aryl methyl sites for hydroxylation is 1. The number of ether oxygens (including phenoxy) is 1. The molecular weight excluding hydrogens is 423 g/mol. The van der Waals surface area contributed by atoms with Gasteiger partial charge in [0, 0.05) is 17.6 Å². The molecule has 0 aromatic heterocycles. The highest BCUT2D eigenvalue weighted by molar-refractivity contribution is 7.80. The average Bonchev–Trinajstić information content (AvgIpc) is 3.16. The van der Waals surface area contributed by atoms with Crippen LogP contribution in [0.15, 0.2) is 88.9 Å². The third-order valence-corrected chi connectivity index (χ3v) is 6.69. The molecule has 166 valence electrons. The van der Waals surface area contributed by atoms with Crippen molar-refractivity contribution in [1.29, 1.82) is 0 Å². The Morgan fingerprint density at radius 1 is 1.25 bits per heavy atom. The van der Waals surface area contributed by atoms with Crippen LogP contribution >= 0.6 is 0 Å². The van der Waals surface area contributed by atoms with E-state index in [-0.39, 0.29) is 18.5 Å². The zero-order valence-corrected chi connectivity index (χ0v) is 19.2. The van der Waals surface area contributed by atoms with E-state index in [1.807, 2.05) is 32.1 Å². The average molecular weight is 451 g/mol. The molecule has 2 atom stereocenters. The van der Waals surface area contributed by atoms with Crippen LogP contribution in [0.3, 0.4) is 0 Å². The Hall–Kier alpha value is -2.76. The van der Waals surface area contributed by atoms with Gasteiger partial charge < -0.3 is 4.74 Å². The first kappa shape index (κ1) is 22.4. The Morgan fingerprint density at radius 2 is 2.03 bits per heavy atom. The van der Waals surface area contributed by atoms with Crippen molar-refractivity contribution in [2.24, 2.45) is 0 Å². The van der Waals surface area contributed by atoms with Crippen LogP contribution in [0, 0.1) is 12.7 Å². The van der Waals surface area contributed by atoms with Gasteiger partial charge in [0.25, 0.3) is 0 Å². The van der Waals surface area contributed by atoms with Crippen molar-refractivity contribution in [2.75, 3.05) is 6.61 Å². The SMILES string of the molecule is C=C1Cc2ccc(F)cc2C2=C(C[C@H](COS(=O)c3ccc(C)cc3)O2)/C1=C/C/C=C\C. The monoisotopic (exact) mass is 450 g/mol. The predicted octanol–water partition coefficient (Wildman–Crippen LogP) is 6.38. The molecule has 0 radical (unpaired) electrons. The highest BCUT2D eigenvalue weighted by Gasteiger charge is 2.33. The van der Waals surface area contributed by atoms with Crippen LogP contribution in [0.2, 0.25) is 0 Å². The maximum atomic E-state index is 14.1. The Labute approximate surface area is 191 Å². The van der Waals surface area contributed by atoms with E-state index in [9.17, 15) is 8.60 Å². The summed E-state index contributed by atoms with van der Waals surface area (Å²) in [5.41, 5.74) is 5.90. The molecule has 1 heterocycles. The van der Waals surface area contributed by atoms with E-state index in [1.165, 1.54) is 12.1 Å². The quantitative estimate of drug-likeness (QED) is 0.479. The van der Waals surface area contributed by atoms with Crippen molar-refractivity contribution >= 4 is 16.8 Å². The van der Waals surface area contributed by atoms with Crippen LogP contribution < -0.4 is 0 Å². The maximum Gasteiger partial charge on any atom is 0.189 e. The molecule has 3 nitrogen and oxygen atoms in total. The fourth-order valence-electron chi connectivity index (χ4n) is 4.05. The summed E-state index contributed by atoms with van der Waals surface area (Å²) in [7, 11) is 0. The highest BCUT2D eigenvalue weighted by atomic mass is 32.2. The molecule has 1 aliphatic carbocycles. The molecule has 2 aromatic rings. The topological polar surface area (TPSA) is 35.5 Å². The van der Waals surface area contributed by atoms with Crippen molar-refractivity contribution in [3.63, 3.8) is 0 Å². The number of rotatable bonds is 6. The van der Waals surface area contributed by atoms with Gasteiger partial charge >= 0.3 is 0 Å². The Kier molecular flexibility index (Phi) is 6.87. The van der Waals surface area contributed by atoms with E-state index >= 15 is 0 Å². The van der Waals surface area contributed by atoms with Gasteiger partial charge in [0.05, 0.1) is 4.90 Å². The minimum absolute atomic E-state index is 0.173. The first-order valence-corrected chi connectivity index (χ1v) is 11.8. The van der Waals surface area contributed by atoms with Crippen molar-refractivity contribution in [2.45, 2.75) is 44.1 Å². The van der Waals surface area contributed by atoms with Gasteiger partial charge in [0.1, 0.15) is 24.3 Å². The molecule has 0 saturated heterocycles. The lowest BCUT2D eigenvalue weighted by molar-refractivity contribution is 0.129. The van der Waals surface area contributed by atoms with E-state index < -0.39 is 11.1 Å². The second-order valence-electron chi connectivity index (χ2n) is 8.09. The number of hydrogen-bond donors (Lipinski definition) is 0. The summed E-state index contributed by atoms with van der Waals surface area (Å²) in [4.78, 5) is 0.621. The first-order valence-electron chi connectivity index (χ1n) is 10.8. The molecule has 0 N–H and O–H groups in total. The second kappa shape index (κ2) is 9.80. The summed E-state index contributed by atoms with van der Waals surface area (Å²) in [5.74, 6) is 0.380. The molecule has 32 heavy (non-hydrogen) atoms. The Balaban J connectivity index is 1.58. The molecule has 0 bridgehead atoms.